The number of hydrogen-bond acceptors (Lipinski definition) is 3. The molecule has 0 N–H and O–H groups in total. The van der Waals surface area contributed by atoms with Crippen LogP contribution in [0.25, 0.3) is 0 Å². The summed E-state index contributed by atoms with van der Waals surface area (Å²) in [6.45, 7) is 10.5. The molecule has 0 bridgehead atoms. The SMILES string of the molecule is CCC(C)(C)OB(ON(C)C)C(C)C. The zero-order valence-electron chi connectivity index (χ0n) is 10.6. The fraction of sp³-hybridized carbons (Fsp3) is 1.00. The van der Waals surface area contributed by atoms with E-state index < -0.39 is 0 Å². The van der Waals surface area contributed by atoms with Gasteiger partial charge in [-0.25, -0.2) is 5.06 Å². The summed E-state index contributed by atoms with van der Waals surface area (Å²) in [5, 5.41) is 1.69. The first-order valence-electron chi connectivity index (χ1n) is 5.30. The van der Waals surface area contributed by atoms with E-state index in [2.05, 4.69) is 34.6 Å². The van der Waals surface area contributed by atoms with Crippen LogP contribution >= 0.6 is 0 Å². The number of rotatable bonds is 6. The van der Waals surface area contributed by atoms with Crippen molar-refractivity contribution in [1.82, 2.24) is 5.06 Å². The number of hydroxylamine groups is 2. The first-order chi connectivity index (χ1) is 6.28. The molecule has 0 rings (SSSR count). The molecule has 0 aliphatic carbocycles. The molecule has 0 fully saturated rings. The second kappa shape index (κ2) is 5.74. The molecule has 3 nitrogen and oxygen atoms in total. The van der Waals surface area contributed by atoms with E-state index >= 15 is 0 Å². The summed E-state index contributed by atoms with van der Waals surface area (Å²) in [5.41, 5.74) is -0.120. The molecule has 14 heavy (non-hydrogen) atoms. The number of nitrogens with zero attached hydrogens (tertiary/aromatic N) is 1. The highest BCUT2D eigenvalue weighted by atomic mass is 16.7. The normalized spacial score (nSPS) is 12.6. The zero-order valence-corrected chi connectivity index (χ0v) is 10.6. The van der Waals surface area contributed by atoms with E-state index in [-0.39, 0.29) is 12.7 Å². The van der Waals surface area contributed by atoms with E-state index in [0.717, 1.165) is 6.42 Å². The van der Waals surface area contributed by atoms with Crippen LogP contribution in [0.1, 0.15) is 41.0 Å². The lowest BCUT2D eigenvalue weighted by atomic mass is 9.73. The minimum absolute atomic E-state index is 0.120. The van der Waals surface area contributed by atoms with Gasteiger partial charge in [0.05, 0.1) is 0 Å². The van der Waals surface area contributed by atoms with Crippen LogP contribution in [0.2, 0.25) is 5.82 Å². The summed E-state index contributed by atoms with van der Waals surface area (Å²) in [7, 11) is 3.58. The molecule has 0 saturated carbocycles. The summed E-state index contributed by atoms with van der Waals surface area (Å²) in [4.78, 5) is 0. The van der Waals surface area contributed by atoms with E-state index in [9.17, 15) is 0 Å². The van der Waals surface area contributed by atoms with Crippen molar-refractivity contribution in [2.24, 2.45) is 0 Å². The Balaban J connectivity index is 4.23. The Hall–Kier alpha value is -0.0551. The maximum atomic E-state index is 5.90. The predicted molar refractivity (Wildman–Crippen MR) is 61.1 cm³/mol. The Morgan fingerprint density at radius 3 is 2.07 bits per heavy atom. The average molecular weight is 201 g/mol. The van der Waals surface area contributed by atoms with Gasteiger partial charge in [0.2, 0.25) is 0 Å². The lowest BCUT2D eigenvalue weighted by Crippen LogP contribution is -2.40. The first-order valence-corrected chi connectivity index (χ1v) is 5.30. The Kier molecular flexibility index (Phi) is 5.71. The van der Waals surface area contributed by atoms with E-state index in [4.69, 9.17) is 9.41 Å². The van der Waals surface area contributed by atoms with Crippen LogP contribution in [0, 0.1) is 0 Å². The van der Waals surface area contributed by atoms with Gasteiger partial charge >= 0.3 is 7.12 Å². The van der Waals surface area contributed by atoms with Crippen molar-refractivity contribution in [3.63, 3.8) is 0 Å². The van der Waals surface area contributed by atoms with Crippen molar-refractivity contribution in [2.75, 3.05) is 14.1 Å². The quantitative estimate of drug-likeness (QED) is 0.487. The molecular formula is C10H24BNO2. The molecule has 0 aromatic heterocycles. The molecule has 0 unspecified atom stereocenters. The lowest BCUT2D eigenvalue weighted by molar-refractivity contribution is -0.0584. The highest BCUT2D eigenvalue weighted by molar-refractivity contribution is 6.46. The van der Waals surface area contributed by atoms with Crippen molar-refractivity contribution in [3.05, 3.63) is 0 Å². The molecule has 0 aliphatic heterocycles. The van der Waals surface area contributed by atoms with Gasteiger partial charge < -0.3 is 9.41 Å². The Morgan fingerprint density at radius 1 is 1.29 bits per heavy atom. The largest absolute Gasteiger partial charge is 0.477 e. The van der Waals surface area contributed by atoms with Crippen LogP contribution < -0.4 is 0 Å². The van der Waals surface area contributed by atoms with Gasteiger partial charge in [0.25, 0.3) is 0 Å². The molecule has 0 saturated heterocycles. The van der Waals surface area contributed by atoms with Gasteiger partial charge in [-0.1, -0.05) is 20.8 Å². The van der Waals surface area contributed by atoms with Gasteiger partial charge in [-0.3, -0.25) is 0 Å². The van der Waals surface area contributed by atoms with E-state index in [1.165, 1.54) is 0 Å². The van der Waals surface area contributed by atoms with Gasteiger partial charge in [0.15, 0.2) is 0 Å². The van der Waals surface area contributed by atoms with Crippen LogP contribution in [-0.2, 0) is 9.41 Å². The lowest BCUT2D eigenvalue weighted by Gasteiger charge is -2.30. The summed E-state index contributed by atoms with van der Waals surface area (Å²) in [6, 6.07) is 0. The molecule has 0 atom stereocenters. The monoisotopic (exact) mass is 201 g/mol. The van der Waals surface area contributed by atoms with Crippen LogP contribution in [0.3, 0.4) is 0 Å². The Bertz CT molecular complexity index is 160. The zero-order chi connectivity index (χ0) is 11.4. The molecule has 0 aromatic rings. The first kappa shape index (κ1) is 13.9. The maximum Gasteiger partial charge on any atom is 0.477 e. The smallest absolute Gasteiger partial charge is 0.405 e. The molecule has 0 amide bonds. The molecule has 4 heteroatoms. The van der Waals surface area contributed by atoms with Crippen LogP contribution in [0.15, 0.2) is 0 Å². The predicted octanol–water partition coefficient (Wildman–Crippen LogP) is 2.58. The Labute approximate surface area is 88.9 Å². The fourth-order valence-electron chi connectivity index (χ4n) is 0.885. The summed E-state index contributed by atoms with van der Waals surface area (Å²) < 4.78 is 11.5. The van der Waals surface area contributed by atoms with Crippen LogP contribution in [-0.4, -0.2) is 31.9 Å². The maximum absolute atomic E-state index is 5.90. The third kappa shape index (κ3) is 5.63. The van der Waals surface area contributed by atoms with Gasteiger partial charge in [0.1, 0.15) is 0 Å². The van der Waals surface area contributed by atoms with Crippen LogP contribution in [0.4, 0.5) is 0 Å². The van der Waals surface area contributed by atoms with Crippen LogP contribution in [0.5, 0.6) is 0 Å². The summed E-state index contributed by atoms with van der Waals surface area (Å²) in [5.74, 6) is 0.350. The van der Waals surface area contributed by atoms with Crippen molar-refractivity contribution in [2.45, 2.75) is 52.5 Å². The molecular weight excluding hydrogens is 177 g/mol. The van der Waals surface area contributed by atoms with Crippen molar-refractivity contribution >= 4 is 7.12 Å². The topological polar surface area (TPSA) is 21.7 Å². The summed E-state index contributed by atoms with van der Waals surface area (Å²) in [6.07, 6.45) is 0.979. The minimum Gasteiger partial charge on any atom is -0.405 e. The third-order valence-electron chi connectivity index (χ3n) is 2.15. The fourth-order valence-corrected chi connectivity index (χ4v) is 0.885. The standard InChI is InChI=1S/C10H24BNO2/c1-8-10(4,5)13-11(9(2)3)14-12(6)7/h9H,8H2,1-7H3. The van der Waals surface area contributed by atoms with Crippen molar-refractivity contribution in [3.8, 4) is 0 Å². The van der Waals surface area contributed by atoms with Crippen molar-refractivity contribution < 1.29 is 9.41 Å². The van der Waals surface area contributed by atoms with Gasteiger partial charge in [-0.15, -0.1) is 0 Å². The van der Waals surface area contributed by atoms with Gasteiger partial charge in [-0.05, 0) is 26.1 Å². The summed E-state index contributed by atoms with van der Waals surface area (Å²) >= 11 is 0. The minimum atomic E-state index is -0.167. The molecule has 0 radical (unpaired) electrons. The van der Waals surface area contributed by atoms with E-state index in [1.807, 2.05) is 14.1 Å². The third-order valence-corrected chi connectivity index (χ3v) is 2.15. The number of hydrogen-bond donors (Lipinski definition) is 0. The van der Waals surface area contributed by atoms with Gasteiger partial charge in [0, 0.05) is 19.7 Å². The molecule has 84 valence electrons. The highest BCUT2D eigenvalue weighted by Crippen LogP contribution is 2.21. The van der Waals surface area contributed by atoms with Crippen molar-refractivity contribution in [1.29, 1.82) is 0 Å². The second-order valence-corrected chi connectivity index (χ2v) is 4.76. The Morgan fingerprint density at radius 2 is 1.79 bits per heavy atom. The van der Waals surface area contributed by atoms with Gasteiger partial charge in [-0.2, -0.15) is 0 Å². The van der Waals surface area contributed by atoms with E-state index in [1.54, 1.807) is 5.06 Å². The molecule has 0 aliphatic rings. The van der Waals surface area contributed by atoms with E-state index in [0.29, 0.717) is 5.82 Å². The average Bonchev–Trinajstić information content (AvgIpc) is 2.02. The highest BCUT2D eigenvalue weighted by Gasteiger charge is 2.31. The molecule has 0 heterocycles. The molecule has 0 aromatic carbocycles. The second-order valence-electron chi connectivity index (χ2n) is 4.76. The molecule has 0 spiro atoms.